The van der Waals surface area contributed by atoms with Crippen LogP contribution >= 0.6 is 0 Å². The Morgan fingerprint density at radius 1 is 1.50 bits per heavy atom. The number of hydrogen-bond donors (Lipinski definition) is 1. The number of benzene rings is 1. The second-order valence-electron chi connectivity index (χ2n) is 4.75. The molecule has 0 fully saturated rings. The number of nitrogens with zero attached hydrogens (tertiary/aromatic N) is 2. The highest BCUT2D eigenvalue weighted by Gasteiger charge is 2.22. The lowest BCUT2D eigenvalue weighted by Gasteiger charge is -2.11. The monoisotopic (exact) mass is 243 g/mol. The summed E-state index contributed by atoms with van der Waals surface area (Å²) in [6.07, 6.45) is 5.64. The Hall–Kier alpha value is -1.81. The number of nitrogens with two attached hydrogens (primary N) is 1. The van der Waals surface area contributed by atoms with Gasteiger partial charge in [-0.25, -0.2) is 4.98 Å². The van der Waals surface area contributed by atoms with Crippen molar-refractivity contribution >= 4 is 0 Å². The number of rotatable bonds is 3. The van der Waals surface area contributed by atoms with Crippen LogP contribution in [0.1, 0.15) is 29.3 Å². The lowest BCUT2D eigenvalue weighted by atomic mass is 10.1. The van der Waals surface area contributed by atoms with Gasteiger partial charge in [-0.1, -0.05) is 12.1 Å². The van der Waals surface area contributed by atoms with Gasteiger partial charge in [0.05, 0.1) is 18.2 Å². The predicted octanol–water partition coefficient (Wildman–Crippen LogP) is 1.95. The van der Waals surface area contributed by atoms with Crippen LogP contribution in [0.25, 0.3) is 0 Å². The lowest BCUT2D eigenvalue weighted by Crippen LogP contribution is -2.06. The van der Waals surface area contributed by atoms with Crippen molar-refractivity contribution in [3.05, 3.63) is 47.5 Å². The van der Waals surface area contributed by atoms with Crippen molar-refractivity contribution in [2.45, 2.75) is 25.5 Å². The molecule has 4 heteroatoms. The molecule has 94 valence electrons. The summed E-state index contributed by atoms with van der Waals surface area (Å²) in [4.78, 5) is 4.08. The molecule has 18 heavy (non-hydrogen) atoms. The van der Waals surface area contributed by atoms with Gasteiger partial charge in [0.1, 0.15) is 12.4 Å². The Labute approximate surface area is 106 Å². The first kappa shape index (κ1) is 11.3. The van der Waals surface area contributed by atoms with Gasteiger partial charge < -0.3 is 15.0 Å². The lowest BCUT2D eigenvalue weighted by molar-refractivity contribution is 0.294. The molecule has 1 heterocycles. The molecule has 0 aliphatic heterocycles. The van der Waals surface area contributed by atoms with Crippen LogP contribution in [0.4, 0.5) is 0 Å². The topological polar surface area (TPSA) is 53.1 Å². The molecule has 1 aromatic carbocycles. The number of imidazole rings is 1. The number of ether oxygens (including phenoxy) is 1. The molecule has 1 aliphatic carbocycles. The van der Waals surface area contributed by atoms with Gasteiger partial charge in [0.25, 0.3) is 0 Å². The van der Waals surface area contributed by atoms with E-state index in [-0.39, 0.29) is 6.04 Å². The van der Waals surface area contributed by atoms with Gasteiger partial charge in [0, 0.05) is 13.1 Å². The Balaban J connectivity index is 1.80. The summed E-state index contributed by atoms with van der Waals surface area (Å²) in [5.41, 5.74) is 9.63. The first-order valence-corrected chi connectivity index (χ1v) is 6.21. The fourth-order valence-electron chi connectivity index (χ4n) is 2.46. The molecule has 2 aromatic rings. The third-order valence-electron chi connectivity index (χ3n) is 3.57. The standard InChI is InChI=1S/C14H17N3O/c1-17-9-16-7-10(17)8-18-14-4-2-3-11-12(14)5-6-13(11)15/h2-4,7,9,13H,5-6,8,15H2,1H3. The zero-order valence-electron chi connectivity index (χ0n) is 10.5. The van der Waals surface area contributed by atoms with Gasteiger partial charge in [0.15, 0.2) is 0 Å². The van der Waals surface area contributed by atoms with Crippen LogP contribution in [0.5, 0.6) is 5.75 Å². The number of aryl methyl sites for hydroxylation is 1. The molecule has 0 spiro atoms. The van der Waals surface area contributed by atoms with Crippen molar-refractivity contribution in [1.29, 1.82) is 0 Å². The van der Waals surface area contributed by atoms with E-state index in [0.717, 1.165) is 24.3 Å². The summed E-state index contributed by atoms with van der Waals surface area (Å²) in [5.74, 6) is 0.960. The molecule has 1 aliphatic rings. The SMILES string of the molecule is Cn1cncc1COc1cccc2c1CCC2N. The largest absolute Gasteiger partial charge is 0.487 e. The second-order valence-corrected chi connectivity index (χ2v) is 4.75. The molecule has 0 saturated carbocycles. The zero-order chi connectivity index (χ0) is 12.5. The van der Waals surface area contributed by atoms with Crippen molar-refractivity contribution in [2.75, 3.05) is 0 Å². The van der Waals surface area contributed by atoms with Crippen molar-refractivity contribution in [3.63, 3.8) is 0 Å². The molecule has 0 amide bonds. The van der Waals surface area contributed by atoms with Gasteiger partial charge in [-0.2, -0.15) is 0 Å². The highest BCUT2D eigenvalue weighted by Crippen LogP contribution is 2.35. The summed E-state index contributed by atoms with van der Waals surface area (Å²) in [6.45, 7) is 0.544. The molecular formula is C14H17N3O. The molecule has 1 atom stereocenters. The molecule has 1 aromatic heterocycles. The fourth-order valence-corrected chi connectivity index (χ4v) is 2.46. The van der Waals surface area contributed by atoms with Gasteiger partial charge >= 0.3 is 0 Å². The van der Waals surface area contributed by atoms with Gasteiger partial charge in [0.2, 0.25) is 0 Å². The second kappa shape index (κ2) is 4.46. The van der Waals surface area contributed by atoms with Crippen LogP contribution in [0.15, 0.2) is 30.7 Å². The first-order valence-electron chi connectivity index (χ1n) is 6.21. The Morgan fingerprint density at radius 3 is 3.17 bits per heavy atom. The maximum Gasteiger partial charge on any atom is 0.130 e. The average molecular weight is 243 g/mol. The molecule has 4 nitrogen and oxygen atoms in total. The van der Waals surface area contributed by atoms with E-state index in [4.69, 9.17) is 10.5 Å². The summed E-state index contributed by atoms with van der Waals surface area (Å²) in [6, 6.07) is 6.31. The van der Waals surface area contributed by atoms with Crippen molar-refractivity contribution < 1.29 is 4.74 Å². The summed E-state index contributed by atoms with van der Waals surface area (Å²) in [5, 5.41) is 0. The molecule has 0 saturated heterocycles. The van der Waals surface area contributed by atoms with E-state index in [1.165, 1.54) is 11.1 Å². The molecule has 1 unspecified atom stereocenters. The van der Waals surface area contributed by atoms with Gasteiger partial charge in [-0.05, 0) is 30.0 Å². The predicted molar refractivity (Wildman–Crippen MR) is 69.2 cm³/mol. The minimum absolute atomic E-state index is 0.167. The van der Waals surface area contributed by atoms with Crippen molar-refractivity contribution in [1.82, 2.24) is 9.55 Å². The van der Waals surface area contributed by atoms with E-state index >= 15 is 0 Å². The van der Waals surface area contributed by atoms with Gasteiger partial charge in [-0.3, -0.25) is 0 Å². The first-order chi connectivity index (χ1) is 8.75. The minimum Gasteiger partial charge on any atom is -0.487 e. The van der Waals surface area contributed by atoms with Crippen LogP contribution in [0.2, 0.25) is 0 Å². The Bertz CT molecular complexity index is 562. The van der Waals surface area contributed by atoms with Crippen molar-refractivity contribution in [3.8, 4) is 5.75 Å². The van der Waals surface area contributed by atoms with Crippen LogP contribution < -0.4 is 10.5 Å². The normalized spacial score (nSPS) is 17.8. The highest BCUT2D eigenvalue weighted by molar-refractivity contribution is 5.44. The average Bonchev–Trinajstić information content (AvgIpc) is 2.95. The number of aromatic nitrogens is 2. The Morgan fingerprint density at radius 2 is 2.39 bits per heavy atom. The van der Waals surface area contributed by atoms with Gasteiger partial charge in [-0.15, -0.1) is 0 Å². The minimum atomic E-state index is 0.167. The highest BCUT2D eigenvalue weighted by atomic mass is 16.5. The molecule has 2 N–H and O–H groups in total. The van der Waals surface area contributed by atoms with Crippen LogP contribution in [0.3, 0.4) is 0 Å². The van der Waals surface area contributed by atoms with E-state index in [0.29, 0.717) is 6.61 Å². The number of fused-ring (bicyclic) bond motifs is 1. The smallest absolute Gasteiger partial charge is 0.130 e. The maximum absolute atomic E-state index is 6.06. The van der Waals surface area contributed by atoms with E-state index < -0.39 is 0 Å². The quantitative estimate of drug-likeness (QED) is 0.896. The number of hydrogen-bond acceptors (Lipinski definition) is 3. The van der Waals surface area contributed by atoms with E-state index in [9.17, 15) is 0 Å². The summed E-state index contributed by atoms with van der Waals surface area (Å²) in [7, 11) is 1.97. The van der Waals surface area contributed by atoms with Crippen LogP contribution in [-0.2, 0) is 20.1 Å². The maximum atomic E-state index is 6.06. The van der Waals surface area contributed by atoms with Crippen molar-refractivity contribution in [2.24, 2.45) is 12.8 Å². The van der Waals surface area contributed by atoms with E-state index in [2.05, 4.69) is 11.1 Å². The third-order valence-corrected chi connectivity index (χ3v) is 3.57. The van der Waals surface area contributed by atoms with Crippen LogP contribution in [-0.4, -0.2) is 9.55 Å². The molecular weight excluding hydrogens is 226 g/mol. The van der Waals surface area contributed by atoms with E-state index in [1.807, 2.05) is 29.9 Å². The van der Waals surface area contributed by atoms with Crippen LogP contribution in [0, 0.1) is 0 Å². The molecule has 0 bridgehead atoms. The third kappa shape index (κ3) is 1.88. The summed E-state index contributed by atoms with van der Waals surface area (Å²) < 4.78 is 7.87. The Kier molecular flexibility index (Phi) is 2.80. The van der Waals surface area contributed by atoms with E-state index in [1.54, 1.807) is 6.33 Å². The summed E-state index contributed by atoms with van der Waals surface area (Å²) >= 11 is 0. The zero-order valence-corrected chi connectivity index (χ0v) is 10.5. The molecule has 3 rings (SSSR count). The molecule has 0 radical (unpaired) electrons. The fraction of sp³-hybridized carbons (Fsp3) is 0.357.